The highest BCUT2D eigenvalue weighted by Crippen LogP contribution is 2.32. The Morgan fingerprint density at radius 1 is 1.15 bits per heavy atom. The lowest BCUT2D eigenvalue weighted by molar-refractivity contribution is -0.140. The first-order valence-electron chi connectivity index (χ1n) is 7.65. The fourth-order valence-corrected chi connectivity index (χ4v) is 2.50. The number of nitrogens with one attached hydrogen (secondary N) is 2. The number of benzene rings is 2. The molecule has 4 nitrogen and oxygen atoms in total. The zero-order chi connectivity index (χ0) is 18.9. The van der Waals surface area contributed by atoms with Crippen LogP contribution in [-0.2, 0) is 11.0 Å². The van der Waals surface area contributed by atoms with Gasteiger partial charge in [0, 0.05) is 21.6 Å². The number of carbonyl (C=O) groups is 1. The SMILES string of the molecule is CC(Oc1ccc(Cl)cc1)C(=O)Nc1ccc2[nH]c(C(F)(F)F)cc2c1. The molecule has 0 aliphatic rings. The van der Waals surface area contributed by atoms with Gasteiger partial charge in [-0.05, 0) is 55.5 Å². The number of hydrogen-bond acceptors (Lipinski definition) is 2. The molecule has 1 heterocycles. The van der Waals surface area contributed by atoms with Crippen molar-refractivity contribution < 1.29 is 22.7 Å². The first kappa shape index (κ1) is 18.1. The van der Waals surface area contributed by atoms with Crippen molar-refractivity contribution in [2.45, 2.75) is 19.2 Å². The van der Waals surface area contributed by atoms with Crippen LogP contribution < -0.4 is 10.1 Å². The summed E-state index contributed by atoms with van der Waals surface area (Å²) in [6.45, 7) is 1.57. The molecule has 3 rings (SSSR count). The summed E-state index contributed by atoms with van der Waals surface area (Å²) in [5, 5.41) is 3.53. The predicted octanol–water partition coefficient (Wildman–Crippen LogP) is 5.25. The molecule has 0 aliphatic heterocycles. The van der Waals surface area contributed by atoms with Crippen LogP contribution >= 0.6 is 11.6 Å². The molecule has 8 heteroatoms. The molecule has 1 amide bonds. The van der Waals surface area contributed by atoms with E-state index in [0.717, 1.165) is 6.07 Å². The number of hydrogen-bond donors (Lipinski definition) is 2. The molecule has 1 atom stereocenters. The molecular weight excluding hydrogens is 369 g/mol. The second kappa shape index (κ2) is 6.92. The molecule has 1 aromatic heterocycles. The van der Waals surface area contributed by atoms with Crippen molar-refractivity contribution in [1.82, 2.24) is 4.98 Å². The number of aromatic nitrogens is 1. The minimum Gasteiger partial charge on any atom is -0.481 e. The number of alkyl halides is 3. The molecule has 2 N–H and O–H groups in total. The molecule has 0 radical (unpaired) electrons. The Kier molecular flexibility index (Phi) is 4.82. The third-order valence-corrected chi connectivity index (χ3v) is 3.94. The van der Waals surface area contributed by atoms with Crippen molar-refractivity contribution in [3.63, 3.8) is 0 Å². The third kappa shape index (κ3) is 4.11. The molecule has 26 heavy (non-hydrogen) atoms. The van der Waals surface area contributed by atoms with Gasteiger partial charge in [-0.25, -0.2) is 0 Å². The van der Waals surface area contributed by atoms with Crippen molar-refractivity contribution in [2.75, 3.05) is 5.32 Å². The summed E-state index contributed by atoms with van der Waals surface area (Å²) in [7, 11) is 0. The number of anilines is 1. The number of amides is 1. The highest BCUT2D eigenvalue weighted by atomic mass is 35.5. The summed E-state index contributed by atoms with van der Waals surface area (Å²) in [5.74, 6) is 0.0545. The molecule has 0 spiro atoms. The van der Waals surface area contributed by atoms with Crippen molar-refractivity contribution in [1.29, 1.82) is 0 Å². The summed E-state index contributed by atoms with van der Waals surface area (Å²) in [4.78, 5) is 14.5. The number of rotatable bonds is 4. The minimum atomic E-state index is -4.45. The molecular formula is C18H14ClF3N2O2. The summed E-state index contributed by atoms with van der Waals surface area (Å²) in [5.41, 5.74) is -0.127. The van der Waals surface area contributed by atoms with Crippen molar-refractivity contribution in [2.24, 2.45) is 0 Å². The first-order chi connectivity index (χ1) is 12.2. The topological polar surface area (TPSA) is 54.1 Å². The first-order valence-corrected chi connectivity index (χ1v) is 8.03. The highest BCUT2D eigenvalue weighted by molar-refractivity contribution is 6.30. The normalized spacial score (nSPS) is 12.8. The van der Waals surface area contributed by atoms with E-state index >= 15 is 0 Å². The maximum absolute atomic E-state index is 12.7. The van der Waals surface area contributed by atoms with E-state index in [-0.39, 0.29) is 0 Å². The lowest BCUT2D eigenvalue weighted by Gasteiger charge is -2.14. The summed E-state index contributed by atoms with van der Waals surface area (Å²) in [6, 6.07) is 12.0. The number of H-pyrrole nitrogens is 1. The second-order valence-electron chi connectivity index (χ2n) is 5.69. The number of ether oxygens (including phenoxy) is 1. The zero-order valence-electron chi connectivity index (χ0n) is 13.5. The molecule has 0 saturated heterocycles. The Morgan fingerprint density at radius 2 is 1.85 bits per heavy atom. The van der Waals surface area contributed by atoms with Crippen LogP contribution in [0.25, 0.3) is 10.9 Å². The van der Waals surface area contributed by atoms with E-state index in [1.165, 1.54) is 18.2 Å². The highest BCUT2D eigenvalue weighted by Gasteiger charge is 2.32. The van der Waals surface area contributed by atoms with Gasteiger partial charge in [-0.2, -0.15) is 13.2 Å². The lowest BCUT2D eigenvalue weighted by atomic mass is 10.2. The largest absolute Gasteiger partial charge is 0.481 e. The Labute approximate surface area is 151 Å². The van der Waals surface area contributed by atoms with Crippen molar-refractivity contribution in [3.8, 4) is 5.75 Å². The van der Waals surface area contributed by atoms with Crippen LogP contribution in [-0.4, -0.2) is 17.0 Å². The summed E-state index contributed by atoms with van der Waals surface area (Å²) < 4.78 is 43.8. The van der Waals surface area contributed by atoms with Crippen LogP contribution in [0.15, 0.2) is 48.5 Å². The fourth-order valence-electron chi connectivity index (χ4n) is 2.38. The van der Waals surface area contributed by atoms with E-state index in [9.17, 15) is 18.0 Å². The van der Waals surface area contributed by atoms with Gasteiger partial charge in [-0.15, -0.1) is 0 Å². The quantitative estimate of drug-likeness (QED) is 0.647. The van der Waals surface area contributed by atoms with E-state index in [4.69, 9.17) is 16.3 Å². The molecule has 0 bridgehead atoms. The van der Waals surface area contributed by atoms with Crippen LogP contribution in [0.1, 0.15) is 12.6 Å². The maximum atomic E-state index is 12.7. The summed E-state index contributed by atoms with van der Waals surface area (Å²) >= 11 is 5.79. The number of fused-ring (bicyclic) bond motifs is 1. The molecule has 3 aromatic rings. The summed E-state index contributed by atoms with van der Waals surface area (Å²) in [6.07, 6.45) is -5.26. The van der Waals surface area contributed by atoms with Gasteiger partial charge >= 0.3 is 6.18 Å². The van der Waals surface area contributed by atoms with Gasteiger partial charge in [-0.1, -0.05) is 11.6 Å². The monoisotopic (exact) mass is 382 g/mol. The average Bonchev–Trinajstić information content (AvgIpc) is 3.00. The molecule has 0 saturated carbocycles. The second-order valence-corrected chi connectivity index (χ2v) is 6.12. The molecule has 2 aromatic carbocycles. The predicted molar refractivity (Wildman–Crippen MR) is 93.5 cm³/mol. The van der Waals surface area contributed by atoms with Gasteiger partial charge < -0.3 is 15.0 Å². The Bertz CT molecular complexity index is 936. The van der Waals surface area contributed by atoms with Crippen molar-refractivity contribution in [3.05, 3.63) is 59.2 Å². The zero-order valence-corrected chi connectivity index (χ0v) is 14.3. The van der Waals surface area contributed by atoms with Gasteiger partial charge in [0.05, 0.1) is 0 Å². The minimum absolute atomic E-state index is 0.334. The van der Waals surface area contributed by atoms with Gasteiger partial charge in [0.25, 0.3) is 5.91 Å². The van der Waals surface area contributed by atoms with Gasteiger partial charge in [0.15, 0.2) is 6.10 Å². The molecule has 1 unspecified atom stereocenters. The van der Waals surface area contributed by atoms with E-state index < -0.39 is 23.9 Å². The maximum Gasteiger partial charge on any atom is 0.431 e. The lowest BCUT2D eigenvalue weighted by Crippen LogP contribution is -2.30. The van der Waals surface area contributed by atoms with E-state index in [1.807, 2.05) is 0 Å². The van der Waals surface area contributed by atoms with E-state index in [0.29, 0.717) is 27.4 Å². The third-order valence-electron chi connectivity index (χ3n) is 3.69. The fraction of sp³-hybridized carbons (Fsp3) is 0.167. The average molecular weight is 383 g/mol. The van der Waals surface area contributed by atoms with Crippen LogP contribution in [0.4, 0.5) is 18.9 Å². The number of halogens is 4. The van der Waals surface area contributed by atoms with Crippen molar-refractivity contribution >= 4 is 34.1 Å². The molecule has 0 fully saturated rings. The van der Waals surface area contributed by atoms with Crippen LogP contribution in [0.2, 0.25) is 5.02 Å². The molecule has 0 aliphatic carbocycles. The van der Waals surface area contributed by atoms with Crippen LogP contribution in [0.5, 0.6) is 5.75 Å². The van der Waals surface area contributed by atoms with Crippen LogP contribution in [0, 0.1) is 0 Å². The number of aromatic amines is 1. The van der Waals surface area contributed by atoms with Gasteiger partial charge in [0.2, 0.25) is 0 Å². The Balaban J connectivity index is 1.71. The van der Waals surface area contributed by atoms with E-state index in [2.05, 4.69) is 10.3 Å². The Hall–Kier alpha value is -2.67. The van der Waals surface area contributed by atoms with Gasteiger partial charge in [0.1, 0.15) is 11.4 Å². The smallest absolute Gasteiger partial charge is 0.431 e. The van der Waals surface area contributed by atoms with Crippen LogP contribution in [0.3, 0.4) is 0 Å². The standard InChI is InChI=1S/C18H14ClF3N2O2/c1-10(26-14-5-2-12(19)3-6-14)17(25)23-13-4-7-15-11(8-13)9-16(24-15)18(20,21)22/h2-10,24H,1H3,(H,23,25). The van der Waals surface area contributed by atoms with Gasteiger partial charge in [-0.3, -0.25) is 4.79 Å². The van der Waals surface area contributed by atoms with E-state index in [1.54, 1.807) is 31.2 Å². The molecule has 136 valence electrons. The number of carbonyl (C=O) groups excluding carboxylic acids is 1. The Morgan fingerprint density at radius 3 is 2.50 bits per heavy atom.